The van der Waals surface area contributed by atoms with Crippen LogP contribution in [-0.4, -0.2) is 34.5 Å². The fourth-order valence-corrected chi connectivity index (χ4v) is 5.22. The van der Waals surface area contributed by atoms with Crippen LogP contribution in [0.1, 0.15) is 15.9 Å². The molecule has 0 atom stereocenters. The van der Waals surface area contributed by atoms with E-state index in [-0.39, 0.29) is 11.4 Å². The number of nitrogens with one attached hydrogen (secondary N) is 1. The second-order valence-electron chi connectivity index (χ2n) is 8.29. The maximum atomic E-state index is 12.9. The van der Waals surface area contributed by atoms with Crippen LogP contribution in [0, 0.1) is 0 Å². The fourth-order valence-electron chi connectivity index (χ4n) is 3.90. The molecule has 1 aliphatic heterocycles. The number of rotatable bonds is 6. The Morgan fingerprint density at radius 3 is 2.45 bits per heavy atom. The molecule has 9 heteroatoms. The molecule has 1 fully saturated rings. The van der Waals surface area contributed by atoms with Gasteiger partial charge in [0.1, 0.15) is 12.3 Å². The highest BCUT2D eigenvalue weighted by atomic mass is 79.9. The number of thioether (sulfide) groups is 1. The molecule has 4 aromatic carbocycles. The van der Waals surface area contributed by atoms with E-state index in [1.807, 2.05) is 36.4 Å². The lowest BCUT2D eigenvalue weighted by Gasteiger charge is -2.12. The van der Waals surface area contributed by atoms with E-state index < -0.39 is 23.0 Å². The first-order valence-corrected chi connectivity index (χ1v) is 13.1. The third-order valence-electron chi connectivity index (χ3n) is 5.70. The van der Waals surface area contributed by atoms with Gasteiger partial charge in [0.25, 0.3) is 11.1 Å². The van der Waals surface area contributed by atoms with Gasteiger partial charge in [-0.1, -0.05) is 60.7 Å². The minimum atomic E-state index is -0.550. The minimum Gasteiger partial charge on any atom is -0.422 e. The third kappa shape index (κ3) is 5.53. The summed E-state index contributed by atoms with van der Waals surface area (Å²) < 4.78 is 6.13. The summed E-state index contributed by atoms with van der Waals surface area (Å²) >= 11 is 4.18. The van der Waals surface area contributed by atoms with Crippen LogP contribution in [0.3, 0.4) is 0 Å². The zero-order valence-electron chi connectivity index (χ0n) is 19.7. The minimum absolute atomic E-state index is 0.190. The molecule has 0 aliphatic carbocycles. The first-order valence-electron chi connectivity index (χ1n) is 11.5. The van der Waals surface area contributed by atoms with Crippen LogP contribution in [-0.2, 0) is 9.59 Å². The van der Waals surface area contributed by atoms with Crippen molar-refractivity contribution < 1.29 is 23.9 Å². The number of esters is 1. The van der Waals surface area contributed by atoms with E-state index in [1.165, 1.54) is 0 Å². The Hall–Kier alpha value is -4.21. The van der Waals surface area contributed by atoms with Crippen molar-refractivity contribution >= 4 is 73.3 Å². The number of ether oxygens (including phenoxy) is 1. The highest BCUT2D eigenvalue weighted by Crippen LogP contribution is 2.34. The molecule has 7 nitrogen and oxygen atoms in total. The molecular formula is C29H19BrN2O5S. The molecule has 5 rings (SSSR count). The molecule has 0 radical (unpaired) electrons. The smallest absolute Gasteiger partial charge is 0.344 e. The van der Waals surface area contributed by atoms with Crippen molar-refractivity contribution in [2.45, 2.75) is 0 Å². The number of carbonyl (C=O) groups is 4. The lowest BCUT2D eigenvalue weighted by atomic mass is 10.0. The Morgan fingerprint density at radius 2 is 1.66 bits per heavy atom. The number of hydrogen-bond acceptors (Lipinski definition) is 6. The fraction of sp³-hybridized carbons (Fsp3) is 0.0345. The van der Waals surface area contributed by atoms with Gasteiger partial charge >= 0.3 is 5.97 Å². The molecule has 1 N–H and O–H groups in total. The summed E-state index contributed by atoms with van der Waals surface area (Å²) in [5.74, 6) is -1.21. The predicted octanol–water partition coefficient (Wildman–Crippen LogP) is 6.50. The van der Waals surface area contributed by atoms with Crippen molar-refractivity contribution in [2.24, 2.45) is 0 Å². The van der Waals surface area contributed by atoms with Crippen LogP contribution in [0.2, 0.25) is 0 Å². The monoisotopic (exact) mass is 586 g/mol. The summed E-state index contributed by atoms with van der Waals surface area (Å²) in [6.07, 6.45) is 1.56. The average Bonchev–Trinajstić information content (AvgIpc) is 3.17. The van der Waals surface area contributed by atoms with E-state index in [0.29, 0.717) is 27.0 Å². The van der Waals surface area contributed by atoms with E-state index in [4.69, 9.17) is 4.74 Å². The Labute approximate surface area is 230 Å². The van der Waals surface area contributed by atoms with Crippen LogP contribution in [0.15, 0.2) is 100 Å². The van der Waals surface area contributed by atoms with Crippen molar-refractivity contribution in [1.29, 1.82) is 0 Å². The SMILES string of the molecule is O=C(CN1C(=O)S/C(=C\c2ccc(OC(=O)c3cccc4ccccc34)c(Br)c2)C1=O)Nc1ccccc1. The molecule has 38 heavy (non-hydrogen) atoms. The number of imide groups is 1. The Kier molecular flexibility index (Phi) is 7.39. The Bertz CT molecular complexity index is 1610. The van der Waals surface area contributed by atoms with Gasteiger partial charge in [-0.25, -0.2) is 4.79 Å². The highest BCUT2D eigenvalue weighted by Gasteiger charge is 2.36. The number of fused-ring (bicyclic) bond motifs is 1. The topological polar surface area (TPSA) is 92.8 Å². The molecule has 0 unspecified atom stereocenters. The predicted molar refractivity (Wildman–Crippen MR) is 151 cm³/mol. The molecule has 1 saturated heterocycles. The van der Waals surface area contributed by atoms with Crippen molar-refractivity contribution in [3.63, 3.8) is 0 Å². The highest BCUT2D eigenvalue weighted by molar-refractivity contribution is 9.10. The van der Waals surface area contributed by atoms with Gasteiger partial charge in [0.2, 0.25) is 5.91 Å². The van der Waals surface area contributed by atoms with Crippen molar-refractivity contribution in [1.82, 2.24) is 4.90 Å². The molecule has 0 spiro atoms. The first-order chi connectivity index (χ1) is 18.4. The van der Waals surface area contributed by atoms with Crippen LogP contribution in [0.25, 0.3) is 16.8 Å². The quantitative estimate of drug-likeness (QED) is 0.157. The zero-order chi connectivity index (χ0) is 26.6. The third-order valence-corrected chi connectivity index (χ3v) is 7.23. The largest absolute Gasteiger partial charge is 0.422 e. The molecular weight excluding hydrogens is 568 g/mol. The number of benzene rings is 4. The second kappa shape index (κ2) is 11.0. The van der Waals surface area contributed by atoms with E-state index in [1.54, 1.807) is 60.7 Å². The lowest BCUT2D eigenvalue weighted by molar-refractivity contribution is -0.127. The second-order valence-corrected chi connectivity index (χ2v) is 10.1. The van der Waals surface area contributed by atoms with Gasteiger partial charge in [-0.2, -0.15) is 0 Å². The van der Waals surface area contributed by atoms with E-state index in [0.717, 1.165) is 27.4 Å². The van der Waals surface area contributed by atoms with Gasteiger partial charge in [-0.15, -0.1) is 0 Å². The number of anilines is 1. The zero-order valence-corrected chi connectivity index (χ0v) is 22.1. The number of amides is 3. The Balaban J connectivity index is 1.28. The van der Waals surface area contributed by atoms with Gasteiger partial charge < -0.3 is 10.1 Å². The molecule has 0 bridgehead atoms. The van der Waals surface area contributed by atoms with Crippen LogP contribution >= 0.6 is 27.7 Å². The van der Waals surface area contributed by atoms with Gasteiger partial charge in [0.05, 0.1) is 14.9 Å². The van der Waals surface area contributed by atoms with Crippen LogP contribution < -0.4 is 10.1 Å². The molecule has 1 heterocycles. The number of halogens is 1. The van der Waals surface area contributed by atoms with E-state index in [9.17, 15) is 19.2 Å². The van der Waals surface area contributed by atoms with Crippen molar-refractivity contribution in [3.05, 3.63) is 112 Å². The summed E-state index contributed by atoms with van der Waals surface area (Å²) in [5, 5.41) is 3.87. The molecule has 4 aromatic rings. The maximum absolute atomic E-state index is 12.9. The van der Waals surface area contributed by atoms with Crippen LogP contribution in [0.5, 0.6) is 5.75 Å². The normalized spacial score (nSPS) is 14.2. The van der Waals surface area contributed by atoms with E-state index in [2.05, 4.69) is 21.2 Å². The molecule has 1 aliphatic rings. The molecule has 188 valence electrons. The summed E-state index contributed by atoms with van der Waals surface area (Å²) in [6.45, 7) is -0.385. The lowest BCUT2D eigenvalue weighted by Crippen LogP contribution is -2.36. The number of carbonyl (C=O) groups excluding carboxylic acids is 4. The summed E-state index contributed by atoms with van der Waals surface area (Å²) in [5.41, 5.74) is 1.64. The maximum Gasteiger partial charge on any atom is 0.344 e. The van der Waals surface area contributed by atoms with Gasteiger partial charge in [0, 0.05) is 5.69 Å². The van der Waals surface area contributed by atoms with Gasteiger partial charge in [0.15, 0.2) is 0 Å². The van der Waals surface area contributed by atoms with Crippen molar-refractivity contribution in [3.8, 4) is 5.75 Å². The summed E-state index contributed by atoms with van der Waals surface area (Å²) in [6, 6.07) is 26.7. The first kappa shape index (κ1) is 25.4. The number of nitrogens with zero attached hydrogens (tertiary/aromatic N) is 1. The summed E-state index contributed by atoms with van der Waals surface area (Å²) in [7, 11) is 0. The Morgan fingerprint density at radius 1 is 0.921 bits per heavy atom. The molecule has 0 aromatic heterocycles. The number of hydrogen-bond donors (Lipinski definition) is 1. The standard InChI is InChI=1S/C29H19BrN2O5S/c30-23-15-18(13-14-24(23)37-28(35)22-12-6-8-19-7-4-5-11-21(19)22)16-25-27(34)32(29(36)38-25)17-26(33)31-20-9-2-1-3-10-20/h1-16H,17H2,(H,31,33)/b25-16-. The molecule has 3 amide bonds. The van der Waals surface area contributed by atoms with Crippen LogP contribution in [0.4, 0.5) is 10.5 Å². The average molecular weight is 587 g/mol. The van der Waals surface area contributed by atoms with Gasteiger partial charge in [-0.3, -0.25) is 19.3 Å². The van der Waals surface area contributed by atoms with Crippen molar-refractivity contribution in [2.75, 3.05) is 11.9 Å². The number of para-hydroxylation sites is 1. The molecule has 0 saturated carbocycles. The van der Waals surface area contributed by atoms with Gasteiger partial charge in [-0.05, 0) is 80.4 Å². The summed E-state index contributed by atoms with van der Waals surface area (Å²) in [4.78, 5) is 51.6. The van der Waals surface area contributed by atoms with E-state index >= 15 is 0 Å².